The molecule has 5 rings (SSSR count). The van der Waals surface area contributed by atoms with Crippen LogP contribution in [0.2, 0.25) is 5.02 Å². The van der Waals surface area contributed by atoms with E-state index in [0.717, 1.165) is 31.1 Å². The van der Waals surface area contributed by atoms with Crippen LogP contribution in [0.5, 0.6) is 17.4 Å². The van der Waals surface area contributed by atoms with Gasteiger partial charge in [0.05, 0.1) is 36.2 Å². The summed E-state index contributed by atoms with van der Waals surface area (Å²) in [5.41, 5.74) is 1.37. The van der Waals surface area contributed by atoms with Gasteiger partial charge in [0.25, 0.3) is 11.8 Å². The molecule has 2 aromatic carbocycles. The first-order chi connectivity index (χ1) is 20.5. The molecule has 3 atom stereocenters. The normalized spacial score (nSPS) is 20.3. The third-order valence-electron chi connectivity index (χ3n) is 8.31. The largest absolute Gasteiger partial charge is 0.495 e. The number of methoxy groups -OCH3 is 1. The number of halogens is 2. The molecule has 43 heavy (non-hydrogen) atoms. The Morgan fingerprint density at radius 3 is 2.67 bits per heavy atom. The Bertz CT molecular complexity index is 1550. The van der Waals surface area contributed by atoms with Crippen molar-refractivity contribution in [1.29, 1.82) is 0 Å². The number of hydrogen-bond acceptors (Lipinski definition) is 8. The van der Waals surface area contributed by atoms with Crippen LogP contribution in [0.15, 0.2) is 36.5 Å². The predicted octanol–water partition coefficient (Wildman–Crippen LogP) is 5.81. The van der Waals surface area contributed by atoms with E-state index >= 15 is 4.39 Å². The number of ether oxygens (including phenoxy) is 2. The zero-order valence-electron chi connectivity index (χ0n) is 25.1. The molecule has 2 amide bonds. The fraction of sp³-hybridized carbons (Fsp3) is 0.419. The zero-order valence-corrected chi connectivity index (χ0v) is 25.8. The van der Waals surface area contributed by atoms with Gasteiger partial charge in [-0.1, -0.05) is 30.7 Å². The molecule has 3 aromatic rings. The Kier molecular flexibility index (Phi) is 8.75. The van der Waals surface area contributed by atoms with Crippen LogP contribution in [0, 0.1) is 11.7 Å². The lowest BCUT2D eigenvalue weighted by Gasteiger charge is -2.39. The number of amides is 2. The van der Waals surface area contributed by atoms with Gasteiger partial charge >= 0.3 is 0 Å². The number of nitrogens with zero attached hydrogens (tertiary/aromatic N) is 4. The number of likely N-dealkylation sites (tertiary alicyclic amines) is 1. The predicted molar refractivity (Wildman–Crippen MR) is 162 cm³/mol. The van der Waals surface area contributed by atoms with Gasteiger partial charge in [-0.2, -0.15) is 4.98 Å². The molecule has 0 unspecified atom stereocenters. The quantitative estimate of drug-likeness (QED) is 0.329. The van der Waals surface area contributed by atoms with Gasteiger partial charge in [0.1, 0.15) is 22.3 Å². The summed E-state index contributed by atoms with van der Waals surface area (Å²) < 4.78 is 26.8. The number of rotatable bonds is 8. The van der Waals surface area contributed by atoms with E-state index in [4.69, 9.17) is 21.1 Å². The lowest BCUT2D eigenvalue weighted by atomic mass is 9.92. The highest BCUT2D eigenvalue weighted by Crippen LogP contribution is 2.40. The van der Waals surface area contributed by atoms with Crippen LogP contribution >= 0.6 is 11.6 Å². The SMILES string of the molecule is COc1cc(C(=O)N[C@H]2CCN(C(C)C)C[C@H]2C)c(F)cc1Nc1ncc(Cl)c(Oc2cccc3c2C(=O)N(C)[C@H]3C)n1. The summed E-state index contributed by atoms with van der Waals surface area (Å²) in [6.45, 7) is 10.1. The molecule has 2 aliphatic rings. The summed E-state index contributed by atoms with van der Waals surface area (Å²) >= 11 is 6.34. The van der Waals surface area contributed by atoms with Crippen molar-refractivity contribution in [3.63, 3.8) is 0 Å². The van der Waals surface area contributed by atoms with Crippen molar-refractivity contribution in [2.24, 2.45) is 5.92 Å². The van der Waals surface area contributed by atoms with E-state index in [-0.39, 0.29) is 57.8 Å². The summed E-state index contributed by atoms with van der Waals surface area (Å²) in [6, 6.07) is 8.14. The van der Waals surface area contributed by atoms with Crippen LogP contribution in [0.3, 0.4) is 0 Å². The van der Waals surface area contributed by atoms with Crippen molar-refractivity contribution >= 4 is 35.1 Å². The van der Waals surface area contributed by atoms with Gasteiger partial charge in [0.15, 0.2) is 0 Å². The number of aromatic nitrogens is 2. The summed E-state index contributed by atoms with van der Waals surface area (Å²) in [7, 11) is 3.15. The molecule has 0 spiro atoms. The molecule has 3 heterocycles. The van der Waals surface area contributed by atoms with Gasteiger partial charge in [0.2, 0.25) is 11.8 Å². The summed E-state index contributed by atoms with van der Waals surface area (Å²) in [5, 5.41) is 6.05. The van der Waals surface area contributed by atoms with Crippen LogP contribution < -0.4 is 20.1 Å². The second-order valence-electron chi connectivity index (χ2n) is 11.4. The number of piperidine rings is 1. The molecule has 0 bridgehead atoms. The van der Waals surface area contributed by atoms with Crippen molar-refractivity contribution in [1.82, 2.24) is 25.1 Å². The second-order valence-corrected chi connectivity index (χ2v) is 11.8. The highest BCUT2D eigenvalue weighted by atomic mass is 35.5. The second kappa shape index (κ2) is 12.3. The average Bonchev–Trinajstić information content (AvgIpc) is 3.20. The van der Waals surface area contributed by atoms with Crippen molar-refractivity contribution in [3.8, 4) is 17.4 Å². The van der Waals surface area contributed by atoms with Gasteiger partial charge in [0, 0.05) is 38.3 Å². The minimum atomic E-state index is -0.727. The van der Waals surface area contributed by atoms with Gasteiger partial charge in [-0.05, 0) is 50.8 Å². The zero-order chi connectivity index (χ0) is 31.0. The van der Waals surface area contributed by atoms with E-state index in [0.29, 0.717) is 17.4 Å². The Morgan fingerprint density at radius 2 is 1.98 bits per heavy atom. The first kappa shape index (κ1) is 30.5. The van der Waals surface area contributed by atoms with Gasteiger partial charge in [-0.25, -0.2) is 9.37 Å². The fourth-order valence-corrected chi connectivity index (χ4v) is 5.71. The molecule has 0 saturated carbocycles. The van der Waals surface area contributed by atoms with E-state index in [1.807, 2.05) is 13.0 Å². The summed E-state index contributed by atoms with van der Waals surface area (Å²) in [4.78, 5) is 38.5. The number of carbonyl (C=O) groups excluding carboxylic acids is 2. The molecular weight excluding hydrogens is 575 g/mol. The number of benzene rings is 2. The summed E-state index contributed by atoms with van der Waals surface area (Å²) in [6.07, 6.45) is 2.12. The monoisotopic (exact) mass is 610 g/mol. The Hall–Kier alpha value is -3.96. The lowest BCUT2D eigenvalue weighted by molar-refractivity contribution is 0.0781. The van der Waals surface area contributed by atoms with Crippen LogP contribution in [0.1, 0.15) is 66.4 Å². The van der Waals surface area contributed by atoms with Crippen LogP contribution in [0.4, 0.5) is 16.0 Å². The summed E-state index contributed by atoms with van der Waals surface area (Å²) in [5.74, 6) is -0.576. The molecule has 1 aromatic heterocycles. The van der Waals surface area contributed by atoms with Gasteiger partial charge < -0.3 is 29.9 Å². The van der Waals surface area contributed by atoms with Crippen molar-refractivity contribution in [2.45, 2.75) is 52.2 Å². The standard InChI is InChI=1S/C31H36ClFN6O4/c1-16(2)39-11-10-23(17(3)15-39)35-28(40)20-12-26(42-6)24(13-22(20)33)36-31-34-14-21(32)29(37-31)43-25-9-7-8-19-18(4)38(5)30(41)27(19)25/h7-9,12-14,16-18,23H,10-11,15H2,1-6H3,(H,35,40)(H,34,36,37)/t17-,18+,23+/m1/s1. The smallest absolute Gasteiger partial charge is 0.258 e. The van der Waals surface area contributed by atoms with E-state index in [1.54, 1.807) is 24.1 Å². The van der Waals surface area contributed by atoms with Crippen LogP contribution in [-0.2, 0) is 0 Å². The number of carbonyl (C=O) groups is 2. The molecule has 0 aliphatic carbocycles. The van der Waals surface area contributed by atoms with E-state index in [9.17, 15) is 9.59 Å². The molecule has 1 fully saturated rings. The molecule has 0 radical (unpaired) electrons. The number of hydrogen-bond donors (Lipinski definition) is 2. The van der Waals surface area contributed by atoms with E-state index < -0.39 is 11.7 Å². The van der Waals surface area contributed by atoms with Crippen molar-refractivity contribution < 1.29 is 23.5 Å². The molecule has 10 nitrogen and oxygen atoms in total. The average molecular weight is 611 g/mol. The third kappa shape index (κ3) is 6.09. The van der Waals surface area contributed by atoms with E-state index in [2.05, 4.69) is 46.3 Å². The van der Waals surface area contributed by atoms with Crippen LogP contribution in [0.25, 0.3) is 0 Å². The molecule has 2 aliphatic heterocycles. The maximum atomic E-state index is 15.3. The molecule has 12 heteroatoms. The molecule has 228 valence electrons. The molecule has 1 saturated heterocycles. The minimum absolute atomic E-state index is 0.00986. The lowest BCUT2D eigenvalue weighted by Crippen LogP contribution is -2.51. The first-order valence-corrected chi connectivity index (χ1v) is 14.7. The topological polar surface area (TPSA) is 109 Å². The highest BCUT2D eigenvalue weighted by molar-refractivity contribution is 6.31. The van der Waals surface area contributed by atoms with Crippen molar-refractivity contribution in [2.75, 3.05) is 32.6 Å². The third-order valence-corrected chi connectivity index (χ3v) is 8.57. The number of nitrogens with one attached hydrogen (secondary N) is 2. The fourth-order valence-electron chi connectivity index (χ4n) is 5.58. The first-order valence-electron chi connectivity index (χ1n) is 14.3. The van der Waals surface area contributed by atoms with Gasteiger partial charge in [-0.3, -0.25) is 9.59 Å². The molecule has 2 N–H and O–H groups in total. The van der Waals surface area contributed by atoms with Crippen molar-refractivity contribution in [3.05, 3.63) is 64.1 Å². The Labute approximate surface area is 255 Å². The number of fused-ring (bicyclic) bond motifs is 1. The van der Waals surface area contributed by atoms with Gasteiger partial charge in [-0.15, -0.1) is 0 Å². The minimum Gasteiger partial charge on any atom is -0.495 e. The van der Waals surface area contributed by atoms with Crippen LogP contribution in [-0.4, -0.2) is 70.9 Å². The highest BCUT2D eigenvalue weighted by Gasteiger charge is 2.34. The number of anilines is 2. The molecular formula is C31H36ClFN6O4. The maximum absolute atomic E-state index is 15.3. The Morgan fingerprint density at radius 1 is 1.21 bits per heavy atom. The maximum Gasteiger partial charge on any atom is 0.258 e. The Balaban J connectivity index is 1.34. The van der Waals surface area contributed by atoms with E-state index in [1.165, 1.54) is 19.4 Å².